The Hall–Kier alpha value is -0.940. The molecule has 0 aromatic heterocycles. The SMILES string of the molecule is CCCC1CCC(C2CCC(OCC3=C(F)C(F)=C(OC)CC3)CO2)CC1. The molecule has 0 aromatic carbocycles. The molecule has 5 heteroatoms. The first-order chi connectivity index (χ1) is 13.1. The molecule has 0 bridgehead atoms. The number of ether oxygens (including phenoxy) is 3. The summed E-state index contributed by atoms with van der Waals surface area (Å²) in [5.41, 5.74) is 0.393. The lowest BCUT2D eigenvalue weighted by molar-refractivity contribution is -0.105. The highest BCUT2D eigenvalue weighted by Gasteiger charge is 2.32. The second-order valence-corrected chi connectivity index (χ2v) is 8.31. The van der Waals surface area contributed by atoms with Gasteiger partial charge in [0.25, 0.3) is 0 Å². The van der Waals surface area contributed by atoms with Crippen LogP contribution in [0, 0.1) is 11.8 Å². The zero-order valence-electron chi connectivity index (χ0n) is 16.8. The Morgan fingerprint density at radius 3 is 2.41 bits per heavy atom. The minimum absolute atomic E-state index is 0.0196. The number of hydrogen-bond acceptors (Lipinski definition) is 3. The second kappa shape index (κ2) is 10.0. The number of methoxy groups -OCH3 is 1. The lowest BCUT2D eigenvalue weighted by Crippen LogP contribution is -2.37. The minimum Gasteiger partial charge on any atom is -0.498 e. The van der Waals surface area contributed by atoms with Gasteiger partial charge in [-0.05, 0) is 49.5 Å². The highest BCUT2D eigenvalue weighted by atomic mass is 19.2. The Morgan fingerprint density at radius 2 is 1.78 bits per heavy atom. The van der Waals surface area contributed by atoms with E-state index in [4.69, 9.17) is 14.2 Å². The Kier molecular flexibility index (Phi) is 7.71. The monoisotopic (exact) mass is 384 g/mol. The van der Waals surface area contributed by atoms with E-state index in [-0.39, 0.29) is 18.5 Å². The molecular formula is C22H34F2O3. The standard InChI is InChI=1S/C22H34F2O3/c1-3-4-15-5-7-16(8-6-15)19-12-10-18(14-27-19)26-13-17-9-11-20(25-2)22(24)21(17)23/h15-16,18-19H,3-14H2,1-2H3. The van der Waals surface area contributed by atoms with Gasteiger partial charge in [0.1, 0.15) is 5.76 Å². The highest BCUT2D eigenvalue weighted by molar-refractivity contribution is 5.32. The van der Waals surface area contributed by atoms with Gasteiger partial charge in [-0.15, -0.1) is 0 Å². The van der Waals surface area contributed by atoms with Crippen LogP contribution in [0.5, 0.6) is 0 Å². The van der Waals surface area contributed by atoms with Crippen LogP contribution < -0.4 is 0 Å². The number of allylic oxidation sites excluding steroid dienone is 3. The van der Waals surface area contributed by atoms with Gasteiger partial charge in [0.2, 0.25) is 0 Å². The Balaban J connectivity index is 1.40. The van der Waals surface area contributed by atoms with Crippen LogP contribution in [-0.2, 0) is 14.2 Å². The summed E-state index contributed by atoms with van der Waals surface area (Å²) in [5.74, 6) is 0.00758. The summed E-state index contributed by atoms with van der Waals surface area (Å²) in [7, 11) is 1.37. The molecule has 2 unspecified atom stereocenters. The van der Waals surface area contributed by atoms with Gasteiger partial charge in [-0.25, -0.2) is 8.78 Å². The molecular weight excluding hydrogens is 350 g/mol. The van der Waals surface area contributed by atoms with Crippen molar-refractivity contribution >= 4 is 0 Å². The fourth-order valence-electron chi connectivity index (χ4n) is 4.82. The maximum atomic E-state index is 14.1. The van der Waals surface area contributed by atoms with Crippen LogP contribution >= 0.6 is 0 Å². The molecule has 1 aliphatic heterocycles. The molecule has 0 spiro atoms. The average molecular weight is 385 g/mol. The fourth-order valence-corrected chi connectivity index (χ4v) is 4.82. The zero-order chi connectivity index (χ0) is 19.2. The van der Waals surface area contributed by atoms with E-state index in [0.29, 0.717) is 37.0 Å². The van der Waals surface area contributed by atoms with Crippen LogP contribution in [0.15, 0.2) is 23.0 Å². The van der Waals surface area contributed by atoms with E-state index >= 15 is 0 Å². The molecule has 0 amide bonds. The summed E-state index contributed by atoms with van der Waals surface area (Å²) in [4.78, 5) is 0. The topological polar surface area (TPSA) is 27.7 Å². The third kappa shape index (κ3) is 5.32. The van der Waals surface area contributed by atoms with Gasteiger partial charge in [-0.1, -0.05) is 32.6 Å². The first-order valence-corrected chi connectivity index (χ1v) is 10.7. The van der Waals surface area contributed by atoms with E-state index in [1.165, 1.54) is 45.6 Å². The van der Waals surface area contributed by atoms with Gasteiger partial charge >= 0.3 is 0 Å². The molecule has 2 atom stereocenters. The van der Waals surface area contributed by atoms with Crippen molar-refractivity contribution in [3.8, 4) is 0 Å². The molecule has 2 aliphatic carbocycles. The fraction of sp³-hybridized carbons (Fsp3) is 0.818. The normalized spacial score (nSPS) is 32.7. The third-order valence-corrected chi connectivity index (χ3v) is 6.52. The summed E-state index contributed by atoms with van der Waals surface area (Å²) in [6, 6.07) is 0. The van der Waals surface area contributed by atoms with Gasteiger partial charge < -0.3 is 14.2 Å². The Bertz CT molecular complexity index is 542. The molecule has 3 nitrogen and oxygen atoms in total. The highest BCUT2D eigenvalue weighted by Crippen LogP contribution is 2.37. The van der Waals surface area contributed by atoms with E-state index in [1.807, 2.05) is 0 Å². The van der Waals surface area contributed by atoms with Crippen molar-refractivity contribution in [3.63, 3.8) is 0 Å². The molecule has 0 N–H and O–H groups in total. The number of rotatable bonds is 7. The van der Waals surface area contributed by atoms with Crippen LogP contribution in [0.25, 0.3) is 0 Å². The number of halogens is 2. The van der Waals surface area contributed by atoms with Crippen molar-refractivity contribution in [2.45, 2.75) is 83.3 Å². The van der Waals surface area contributed by atoms with Gasteiger partial charge in [0, 0.05) is 6.42 Å². The van der Waals surface area contributed by atoms with E-state index < -0.39 is 11.7 Å². The third-order valence-electron chi connectivity index (χ3n) is 6.52. The molecule has 1 saturated heterocycles. The molecule has 3 rings (SSSR count). The lowest BCUT2D eigenvalue weighted by Gasteiger charge is -2.37. The largest absolute Gasteiger partial charge is 0.498 e. The van der Waals surface area contributed by atoms with Gasteiger partial charge in [0.15, 0.2) is 11.7 Å². The molecule has 1 heterocycles. The molecule has 3 aliphatic rings. The van der Waals surface area contributed by atoms with Crippen molar-refractivity contribution in [1.82, 2.24) is 0 Å². The Morgan fingerprint density at radius 1 is 1.00 bits per heavy atom. The van der Waals surface area contributed by atoms with E-state index in [0.717, 1.165) is 18.8 Å². The Labute approximate surface area is 162 Å². The van der Waals surface area contributed by atoms with Crippen LogP contribution in [-0.4, -0.2) is 32.5 Å². The van der Waals surface area contributed by atoms with E-state index in [1.54, 1.807) is 0 Å². The molecule has 0 aromatic rings. The van der Waals surface area contributed by atoms with Crippen LogP contribution in [0.2, 0.25) is 0 Å². The van der Waals surface area contributed by atoms with E-state index in [2.05, 4.69) is 6.92 Å². The molecule has 154 valence electrons. The summed E-state index contributed by atoms with van der Waals surface area (Å²) in [5, 5.41) is 0. The quantitative estimate of drug-likeness (QED) is 0.539. The van der Waals surface area contributed by atoms with Crippen molar-refractivity contribution in [2.24, 2.45) is 11.8 Å². The van der Waals surface area contributed by atoms with Crippen LogP contribution in [0.3, 0.4) is 0 Å². The summed E-state index contributed by atoms with van der Waals surface area (Å²) < 4.78 is 44.7. The smallest absolute Gasteiger partial charge is 0.196 e. The van der Waals surface area contributed by atoms with Crippen LogP contribution in [0.1, 0.15) is 71.1 Å². The number of hydrogen-bond donors (Lipinski definition) is 0. The molecule has 0 radical (unpaired) electrons. The second-order valence-electron chi connectivity index (χ2n) is 8.31. The first kappa shape index (κ1) is 20.8. The average Bonchev–Trinajstić information content (AvgIpc) is 2.70. The zero-order valence-corrected chi connectivity index (χ0v) is 16.8. The predicted molar refractivity (Wildman–Crippen MR) is 102 cm³/mol. The maximum absolute atomic E-state index is 14.1. The van der Waals surface area contributed by atoms with Crippen molar-refractivity contribution in [1.29, 1.82) is 0 Å². The van der Waals surface area contributed by atoms with Gasteiger partial charge in [-0.3, -0.25) is 0 Å². The summed E-state index contributed by atoms with van der Waals surface area (Å²) in [6.45, 7) is 2.97. The van der Waals surface area contributed by atoms with Crippen LogP contribution in [0.4, 0.5) is 8.78 Å². The van der Waals surface area contributed by atoms with Gasteiger partial charge in [-0.2, -0.15) is 0 Å². The molecule has 27 heavy (non-hydrogen) atoms. The van der Waals surface area contributed by atoms with Gasteiger partial charge in [0.05, 0.1) is 32.5 Å². The van der Waals surface area contributed by atoms with E-state index in [9.17, 15) is 8.78 Å². The minimum atomic E-state index is -0.874. The summed E-state index contributed by atoms with van der Waals surface area (Å²) in [6.07, 6.45) is 11.0. The van der Waals surface area contributed by atoms with Crippen molar-refractivity contribution in [2.75, 3.05) is 20.3 Å². The maximum Gasteiger partial charge on any atom is 0.196 e. The van der Waals surface area contributed by atoms with Crippen molar-refractivity contribution < 1.29 is 23.0 Å². The lowest BCUT2D eigenvalue weighted by atomic mass is 9.76. The molecule has 2 fully saturated rings. The molecule has 1 saturated carbocycles. The predicted octanol–water partition coefficient (Wildman–Crippen LogP) is 6.00. The van der Waals surface area contributed by atoms with Crippen molar-refractivity contribution in [3.05, 3.63) is 23.0 Å². The summed E-state index contributed by atoms with van der Waals surface area (Å²) >= 11 is 0. The first-order valence-electron chi connectivity index (χ1n) is 10.7.